The largest absolute Gasteiger partial charge is 0.452 e. The van der Waals surface area contributed by atoms with Crippen molar-refractivity contribution in [1.82, 2.24) is 5.32 Å². The van der Waals surface area contributed by atoms with E-state index in [1.165, 1.54) is 6.92 Å². The van der Waals surface area contributed by atoms with Gasteiger partial charge in [0, 0.05) is 13.5 Å². The second-order valence-corrected chi connectivity index (χ2v) is 7.99. The first kappa shape index (κ1) is 22.3. The van der Waals surface area contributed by atoms with Gasteiger partial charge in [-0.3, -0.25) is 14.5 Å². The summed E-state index contributed by atoms with van der Waals surface area (Å²) in [6, 6.07) is 22.7. The van der Waals surface area contributed by atoms with Gasteiger partial charge in [-0.1, -0.05) is 48.5 Å². The summed E-state index contributed by atoms with van der Waals surface area (Å²) >= 11 is 0. The zero-order valence-electron chi connectivity index (χ0n) is 18.5. The number of para-hydroxylation sites is 2. The Balaban J connectivity index is 1.45. The van der Waals surface area contributed by atoms with Crippen LogP contribution in [0.15, 0.2) is 72.8 Å². The molecule has 1 N–H and O–H groups in total. The molecule has 6 heteroatoms. The number of ether oxygens (including phenoxy) is 1. The Kier molecular flexibility index (Phi) is 6.83. The van der Waals surface area contributed by atoms with E-state index in [0.717, 1.165) is 40.9 Å². The number of esters is 1. The second kappa shape index (κ2) is 10.1. The molecule has 0 fully saturated rings. The van der Waals surface area contributed by atoms with Gasteiger partial charge in [-0.2, -0.15) is 0 Å². The highest BCUT2D eigenvalue weighted by Gasteiger charge is 2.26. The molecule has 0 atom stereocenters. The number of aryl methyl sites for hydroxylation is 2. The molecule has 0 aliphatic carbocycles. The van der Waals surface area contributed by atoms with Gasteiger partial charge in [0.15, 0.2) is 6.61 Å². The van der Waals surface area contributed by atoms with Crippen molar-refractivity contribution < 1.29 is 19.1 Å². The fourth-order valence-corrected chi connectivity index (χ4v) is 4.01. The van der Waals surface area contributed by atoms with Crippen molar-refractivity contribution in [2.75, 3.05) is 18.1 Å². The summed E-state index contributed by atoms with van der Waals surface area (Å²) in [5.41, 5.74) is 5.20. The standard InChI is InChI=1S/C27H26N2O4/c1-19(30)28-17-16-20-10-12-23(13-11-20)27(32)33-18-26(31)29-24-8-4-2-6-21(24)14-15-22-7-3-5-9-25(22)29/h2-13H,14-18H2,1H3,(H,28,30). The smallest absolute Gasteiger partial charge is 0.338 e. The molecular weight excluding hydrogens is 416 g/mol. The molecule has 2 amide bonds. The molecule has 3 aromatic carbocycles. The molecule has 0 unspecified atom stereocenters. The van der Waals surface area contributed by atoms with Crippen molar-refractivity contribution in [1.29, 1.82) is 0 Å². The molecule has 6 nitrogen and oxygen atoms in total. The maximum atomic E-state index is 13.3. The molecule has 3 aromatic rings. The zero-order valence-corrected chi connectivity index (χ0v) is 18.5. The summed E-state index contributed by atoms with van der Waals surface area (Å²) in [5.74, 6) is -0.917. The molecule has 33 heavy (non-hydrogen) atoms. The van der Waals surface area contributed by atoms with Crippen LogP contribution >= 0.6 is 0 Å². The number of nitrogens with one attached hydrogen (secondary N) is 1. The highest BCUT2D eigenvalue weighted by molar-refractivity contribution is 6.04. The lowest BCUT2D eigenvalue weighted by Gasteiger charge is -2.24. The molecule has 0 spiro atoms. The van der Waals surface area contributed by atoms with Crippen molar-refractivity contribution in [2.45, 2.75) is 26.2 Å². The monoisotopic (exact) mass is 442 g/mol. The maximum Gasteiger partial charge on any atom is 0.338 e. The number of rotatable bonds is 6. The summed E-state index contributed by atoms with van der Waals surface area (Å²) < 4.78 is 5.38. The Bertz CT molecular complexity index is 1120. The van der Waals surface area contributed by atoms with Gasteiger partial charge in [0.05, 0.1) is 16.9 Å². The maximum absolute atomic E-state index is 13.3. The van der Waals surface area contributed by atoms with Gasteiger partial charge in [0.25, 0.3) is 5.91 Å². The number of carbonyl (C=O) groups excluding carboxylic acids is 3. The summed E-state index contributed by atoms with van der Waals surface area (Å²) in [6.45, 7) is 1.65. The zero-order chi connectivity index (χ0) is 23.2. The number of nitrogens with zero attached hydrogens (tertiary/aromatic N) is 1. The third kappa shape index (κ3) is 5.29. The Morgan fingerprint density at radius 3 is 2.00 bits per heavy atom. The van der Waals surface area contributed by atoms with Crippen molar-refractivity contribution in [2.24, 2.45) is 0 Å². The van der Waals surface area contributed by atoms with Crippen LogP contribution in [0.4, 0.5) is 11.4 Å². The summed E-state index contributed by atoms with van der Waals surface area (Å²) in [7, 11) is 0. The van der Waals surface area contributed by atoms with E-state index in [1.54, 1.807) is 17.0 Å². The van der Waals surface area contributed by atoms with E-state index in [0.29, 0.717) is 18.5 Å². The average Bonchev–Trinajstić information content (AvgIpc) is 2.99. The molecule has 1 heterocycles. The first-order valence-electron chi connectivity index (χ1n) is 11.0. The van der Waals surface area contributed by atoms with E-state index < -0.39 is 5.97 Å². The van der Waals surface area contributed by atoms with Crippen molar-refractivity contribution in [3.63, 3.8) is 0 Å². The van der Waals surface area contributed by atoms with Gasteiger partial charge in [0.1, 0.15) is 0 Å². The molecule has 0 radical (unpaired) electrons. The van der Waals surface area contributed by atoms with E-state index in [-0.39, 0.29) is 18.4 Å². The predicted octanol–water partition coefficient (Wildman–Crippen LogP) is 3.99. The number of anilines is 2. The number of benzene rings is 3. The first-order chi connectivity index (χ1) is 16.0. The van der Waals surface area contributed by atoms with E-state index in [4.69, 9.17) is 4.74 Å². The van der Waals surface area contributed by atoms with E-state index in [9.17, 15) is 14.4 Å². The van der Waals surface area contributed by atoms with Gasteiger partial charge in [-0.15, -0.1) is 0 Å². The number of fused-ring (bicyclic) bond motifs is 2. The van der Waals surface area contributed by atoms with Crippen LogP contribution in [0.25, 0.3) is 0 Å². The Morgan fingerprint density at radius 1 is 0.848 bits per heavy atom. The van der Waals surface area contributed by atoms with E-state index >= 15 is 0 Å². The minimum absolute atomic E-state index is 0.0745. The van der Waals surface area contributed by atoms with Crippen molar-refractivity contribution >= 4 is 29.2 Å². The molecule has 0 saturated heterocycles. The van der Waals surface area contributed by atoms with Crippen molar-refractivity contribution in [3.05, 3.63) is 95.1 Å². The van der Waals surface area contributed by atoms with Gasteiger partial charge in [0.2, 0.25) is 5.91 Å². The van der Waals surface area contributed by atoms with Gasteiger partial charge in [-0.25, -0.2) is 4.79 Å². The van der Waals surface area contributed by atoms with Gasteiger partial charge >= 0.3 is 5.97 Å². The fraction of sp³-hybridized carbons (Fsp3) is 0.222. The predicted molar refractivity (Wildman–Crippen MR) is 127 cm³/mol. The second-order valence-electron chi connectivity index (χ2n) is 7.99. The SMILES string of the molecule is CC(=O)NCCc1ccc(C(=O)OCC(=O)N2c3ccccc3CCc3ccccc32)cc1. The van der Waals surface area contributed by atoms with Crippen LogP contribution in [0, 0.1) is 0 Å². The van der Waals surface area contributed by atoms with Gasteiger partial charge < -0.3 is 10.1 Å². The van der Waals surface area contributed by atoms with E-state index in [1.807, 2.05) is 60.7 Å². The van der Waals surface area contributed by atoms with Crippen molar-refractivity contribution in [3.8, 4) is 0 Å². The summed E-state index contributed by atoms with van der Waals surface area (Å²) in [5, 5.41) is 2.74. The minimum atomic E-state index is -0.548. The molecule has 1 aliphatic rings. The lowest BCUT2D eigenvalue weighted by Crippen LogP contribution is -2.31. The molecule has 0 bridgehead atoms. The first-order valence-corrected chi connectivity index (χ1v) is 11.0. The Morgan fingerprint density at radius 2 is 1.42 bits per heavy atom. The Hall–Kier alpha value is -3.93. The van der Waals surface area contributed by atoms with Crippen LogP contribution in [-0.4, -0.2) is 30.9 Å². The van der Waals surface area contributed by atoms with Crippen LogP contribution in [0.5, 0.6) is 0 Å². The molecular formula is C27H26N2O4. The number of hydrogen-bond acceptors (Lipinski definition) is 4. The molecule has 168 valence electrons. The summed E-state index contributed by atoms with van der Waals surface area (Å²) in [4.78, 5) is 38.4. The van der Waals surface area contributed by atoms with Crippen LogP contribution in [0.2, 0.25) is 0 Å². The molecule has 0 saturated carbocycles. The number of carbonyl (C=O) groups is 3. The number of hydrogen-bond donors (Lipinski definition) is 1. The van der Waals surface area contributed by atoms with Crippen LogP contribution < -0.4 is 10.2 Å². The van der Waals surface area contributed by atoms with Crippen LogP contribution in [0.1, 0.15) is 34.0 Å². The van der Waals surface area contributed by atoms with Crippen LogP contribution in [0.3, 0.4) is 0 Å². The van der Waals surface area contributed by atoms with Crippen LogP contribution in [-0.2, 0) is 33.6 Å². The van der Waals surface area contributed by atoms with Gasteiger partial charge in [-0.05, 0) is 60.2 Å². The number of amides is 2. The average molecular weight is 443 g/mol. The topological polar surface area (TPSA) is 75.7 Å². The highest BCUT2D eigenvalue weighted by atomic mass is 16.5. The minimum Gasteiger partial charge on any atom is -0.452 e. The Labute approximate surface area is 193 Å². The quantitative estimate of drug-likeness (QED) is 0.586. The third-order valence-electron chi connectivity index (χ3n) is 5.68. The molecule has 0 aromatic heterocycles. The normalized spacial score (nSPS) is 12.2. The van der Waals surface area contributed by atoms with E-state index in [2.05, 4.69) is 5.32 Å². The summed E-state index contributed by atoms with van der Waals surface area (Å²) in [6.07, 6.45) is 2.34. The lowest BCUT2D eigenvalue weighted by atomic mass is 10.0. The molecule has 4 rings (SSSR count). The highest BCUT2D eigenvalue weighted by Crippen LogP contribution is 2.36. The fourth-order valence-electron chi connectivity index (χ4n) is 4.01. The molecule has 1 aliphatic heterocycles. The third-order valence-corrected chi connectivity index (χ3v) is 5.68. The lowest BCUT2D eigenvalue weighted by molar-refractivity contribution is -0.121.